The molecule has 1 fully saturated rings. The van der Waals surface area contributed by atoms with E-state index in [1.54, 1.807) is 49.2 Å². The Kier molecular flexibility index (Phi) is 8.51. The Hall–Kier alpha value is -3.92. The second-order valence-corrected chi connectivity index (χ2v) is 14.3. The Morgan fingerprint density at radius 2 is 1.77 bits per heavy atom. The molecule has 1 aliphatic carbocycles. The van der Waals surface area contributed by atoms with Crippen molar-refractivity contribution < 1.29 is 22.2 Å². The van der Waals surface area contributed by atoms with Crippen molar-refractivity contribution in [2.75, 3.05) is 11.8 Å². The molecule has 4 aromatic rings. The quantitative estimate of drug-likeness (QED) is 0.225. The van der Waals surface area contributed by atoms with Gasteiger partial charge >= 0.3 is 0 Å². The molecular weight excluding hydrogens is 564 g/mol. The topological polar surface area (TPSA) is 119 Å². The highest BCUT2D eigenvalue weighted by atomic mass is 32.2. The molecule has 10 heteroatoms. The number of nitrogens with zero attached hydrogens (tertiary/aromatic N) is 3. The molecule has 1 aliphatic rings. The highest BCUT2D eigenvalue weighted by Crippen LogP contribution is 2.41. The summed E-state index contributed by atoms with van der Waals surface area (Å²) in [5, 5.41) is 3.87. The van der Waals surface area contributed by atoms with Gasteiger partial charge in [-0.1, -0.05) is 50.2 Å². The van der Waals surface area contributed by atoms with Crippen LogP contribution in [0.15, 0.2) is 68.8 Å². The zero-order valence-corrected chi connectivity index (χ0v) is 26.5. The number of benzene rings is 2. The van der Waals surface area contributed by atoms with Crippen molar-refractivity contribution in [1.29, 1.82) is 0 Å². The minimum absolute atomic E-state index is 0.0209. The van der Waals surface area contributed by atoms with Gasteiger partial charge in [0.05, 0.1) is 16.8 Å². The van der Waals surface area contributed by atoms with E-state index in [0.29, 0.717) is 40.7 Å². The summed E-state index contributed by atoms with van der Waals surface area (Å²) in [5.41, 5.74) is 4.18. The molecule has 43 heavy (non-hydrogen) atoms. The number of nitrogens with one attached hydrogen (secondary N) is 1. The van der Waals surface area contributed by atoms with Crippen molar-refractivity contribution in [3.8, 4) is 22.6 Å². The zero-order valence-electron chi connectivity index (χ0n) is 25.7. The summed E-state index contributed by atoms with van der Waals surface area (Å²) >= 11 is 0. The molecule has 0 unspecified atom stereocenters. The van der Waals surface area contributed by atoms with Crippen LogP contribution in [0.2, 0.25) is 0 Å². The Labute approximate surface area is 253 Å². The fourth-order valence-electron chi connectivity index (χ4n) is 5.95. The van der Waals surface area contributed by atoms with E-state index in [9.17, 15) is 13.2 Å². The molecule has 0 bridgehead atoms. The maximum absolute atomic E-state index is 13.7. The van der Waals surface area contributed by atoms with E-state index in [4.69, 9.17) is 8.94 Å². The van der Waals surface area contributed by atoms with Gasteiger partial charge in [-0.15, -0.1) is 0 Å². The van der Waals surface area contributed by atoms with E-state index >= 15 is 0 Å². The lowest BCUT2D eigenvalue weighted by Crippen LogP contribution is -2.36. The molecule has 9 nitrogen and oxygen atoms in total. The van der Waals surface area contributed by atoms with Gasteiger partial charge in [-0.25, -0.2) is 18.1 Å². The summed E-state index contributed by atoms with van der Waals surface area (Å²) in [6.07, 6.45) is 6.92. The summed E-state index contributed by atoms with van der Waals surface area (Å²) < 4.78 is 40.7. The minimum Gasteiger partial charge on any atom is -0.445 e. The molecule has 0 aliphatic heterocycles. The minimum atomic E-state index is -4.05. The van der Waals surface area contributed by atoms with Crippen LogP contribution in [-0.4, -0.2) is 36.4 Å². The average Bonchev–Trinajstić information content (AvgIpc) is 3.63. The van der Waals surface area contributed by atoms with Crippen LogP contribution in [0.4, 0.5) is 5.88 Å². The summed E-state index contributed by atoms with van der Waals surface area (Å²) in [4.78, 5) is 19.8. The number of hydrogen-bond acceptors (Lipinski definition) is 7. The van der Waals surface area contributed by atoms with Gasteiger partial charge in [-0.05, 0) is 80.2 Å². The zero-order chi connectivity index (χ0) is 30.9. The van der Waals surface area contributed by atoms with Gasteiger partial charge in [-0.3, -0.25) is 4.79 Å². The van der Waals surface area contributed by atoms with Gasteiger partial charge in [0.2, 0.25) is 17.7 Å². The van der Waals surface area contributed by atoms with Gasteiger partial charge in [0, 0.05) is 36.2 Å². The number of aromatic nitrogens is 2. The third-order valence-electron chi connectivity index (χ3n) is 8.72. The fourth-order valence-corrected chi connectivity index (χ4v) is 7.22. The largest absolute Gasteiger partial charge is 0.445 e. The molecule has 0 saturated heterocycles. The fraction of sp³-hybridized carbons (Fsp3) is 0.424. The molecule has 2 heterocycles. The van der Waals surface area contributed by atoms with Gasteiger partial charge in [-0.2, -0.15) is 0 Å². The third kappa shape index (κ3) is 6.54. The van der Waals surface area contributed by atoms with Crippen molar-refractivity contribution in [3.63, 3.8) is 0 Å². The average molecular weight is 605 g/mol. The second kappa shape index (κ2) is 12.0. The molecule has 2 aromatic heterocycles. The van der Waals surface area contributed by atoms with E-state index in [1.807, 2.05) is 25.2 Å². The van der Waals surface area contributed by atoms with Crippen LogP contribution < -0.4 is 4.72 Å². The van der Waals surface area contributed by atoms with Crippen LogP contribution in [0.1, 0.15) is 63.3 Å². The Morgan fingerprint density at radius 1 is 1.05 bits per heavy atom. The molecule has 1 N–H and O–H groups in total. The number of rotatable bonds is 8. The van der Waals surface area contributed by atoms with E-state index in [-0.39, 0.29) is 28.0 Å². The molecule has 0 radical (unpaired) electrons. The van der Waals surface area contributed by atoms with Crippen molar-refractivity contribution >= 4 is 21.8 Å². The first-order valence-electron chi connectivity index (χ1n) is 14.7. The van der Waals surface area contributed by atoms with E-state index in [0.717, 1.165) is 36.8 Å². The normalized spacial score (nSPS) is 17.5. The molecule has 1 saturated carbocycles. The van der Waals surface area contributed by atoms with Crippen molar-refractivity contribution in [1.82, 2.24) is 15.0 Å². The maximum atomic E-state index is 13.7. The molecule has 1 amide bonds. The Balaban J connectivity index is 1.48. The maximum Gasteiger partial charge on any atom is 0.264 e. The number of carbonyl (C=O) groups is 1. The number of anilines is 1. The van der Waals surface area contributed by atoms with Crippen LogP contribution in [0.3, 0.4) is 0 Å². The number of aryl methyl sites for hydroxylation is 1. The highest BCUT2D eigenvalue weighted by molar-refractivity contribution is 7.92. The summed E-state index contributed by atoms with van der Waals surface area (Å²) in [5.74, 6) is 1.23. The Bertz CT molecular complexity index is 1700. The summed E-state index contributed by atoms with van der Waals surface area (Å²) in [6, 6.07) is 12.4. The molecule has 5 rings (SSSR count). The lowest BCUT2D eigenvalue weighted by Gasteiger charge is -2.37. The van der Waals surface area contributed by atoms with Crippen LogP contribution in [0, 0.1) is 31.1 Å². The van der Waals surface area contributed by atoms with Crippen LogP contribution in [0.5, 0.6) is 0 Å². The van der Waals surface area contributed by atoms with Crippen molar-refractivity contribution in [3.05, 3.63) is 71.7 Å². The molecule has 228 valence electrons. The predicted octanol–water partition coefficient (Wildman–Crippen LogP) is 7.23. The molecular formula is C33H40N4O5S. The number of carbonyl (C=O) groups excluding carboxylic acids is 1. The van der Waals surface area contributed by atoms with Crippen molar-refractivity contribution in [2.24, 2.45) is 17.3 Å². The first kappa shape index (κ1) is 30.5. The van der Waals surface area contributed by atoms with Gasteiger partial charge in [0.25, 0.3) is 10.0 Å². The smallest absolute Gasteiger partial charge is 0.264 e. The highest BCUT2D eigenvalue weighted by Gasteiger charge is 2.34. The van der Waals surface area contributed by atoms with Crippen molar-refractivity contribution in [2.45, 2.75) is 71.7 Å². The summed E-state index contributed by atoms with van der Waals surface area (Å²) in [7, 11) is -2.23. The van der Waals surface area contributed by atoms with E-state index < -0.39 is 10.0 Å². The SMILES string of the molecule is Cc1noc(NS(=O)(=O)c2ccccc2-c2ccc(-c3ncco3)cc2CN(C)C(=O)C2CCC(C(C)(C)C)CC2)c1C. The standard InChI is InChI=1S/C33H40N4O5S/c1-21-22(2)35-42-30(21)36-43(39,40)29-10-8-7-9-28(29)27-16-13-24(31-34-17-18-41-31)19-25(27)20-37(6)32(38)23-11-14-26(15-12-23)33(3,4)5/h7-10,13,16-19,23,26,36H,11-12,14-15,20H2,1-6H3. The molecule has 0 atom stereocenters. The van der Waals surface area contributed by atoms with Gasteiger partial charge < -0.3 is 13.8 Å². The monoisotopic (exact) mass is 604 g/mol. The summed E-state index contributed by atoms with van der Waals surface area (Å²) in [6.45, 7) is 10.6. The lowest BCUT2D eigenvalue weighted by atomic mass is 9.69. The number of hydrogen-bond donors (Lipinski definition) is 1. The van der Waals surface area contributed by atoms with Gasteiger partial charge in [0.1, 0.15) is 6.26 Å². The Morgan fingerprint density at radius 3 is 2.40 bits per heavy atom. The number of oxazole rings is 1. The van der Waals surface area contributed by atoms with Crippen LogP contribution >= 0.6 is 0 Å². The first-order valence-corrected chi connectivity index (χ1v) is 16.2. The lowest BCUT2D eigenvalue weighted by molar-refractivity contribution is -0.136. The third-order valence-corrected chi connectivity index (χ3v) is 10.1. The first-order chi connectivity index (χ1) is 20.3. The number of sulfonamides is 1. The van der Waals surface area contributed by atoms with Gasteiger partial charge in [0.15, 0.2) is 0 Å². The second-order valence-electron chi connectivity index (χ2n) is 12.6. The predicted molar refractivity (Wildman–Crippen MR) is 166 cm³/mol. The molecule has 0 spiro atoms. The van der Waals surface area contributed by atoms with Crippen LogP contribution in [-0.2, 0) is 21.4 Å². The van der Waals surface area contributed by atoms with E-state index in [1.165, 1.54) is 6.26 Å². The van der Waals surface area contributed by atoms with Crippen LogP contribution in [0.25, 0.3) is 22.6 Å². The number of amides is 1. The van der Waals surface area contributed by atoms with E-state index in [2.05, 4.69) is 35.6 Å². The molecule has 2 aromatic carbocycles.